The number of carbonyl (C=O) groups excluding carboxylic acids is 1. The van der Waals surface area contributed by atoms with Gasteiger partial charge in [-0.25, -0.2) is 0 Å². The maximum Gasteiger partial charge on any atom is 0.138 e. The van der Waals surface area contributed by atoms with E-state index in [-0.39, 0.29) is 0 Å². The topological polar surface area (TPSA) is 17.1 Å². The van der Waals surface area contributed by atoms with Crippen LogP contribution in [0.5, 0.6) is 0 Å². The number of Topliss-reactive ketones (excluding diaryl/α,β-unsaturated/α-hetero) is 1. The van der Waals surface area contributed by atoms with Crippen molar-refractivity contribution in [1.29, 1.82) is 0 Å². The van der Waals surface area contributed by atoms with Gasteiger partial charge in [-0.15, -0.1) is 0 Å². The first-order chi connectivity index (χ1) is 5.66. The van der Waals surface area contributed by atoms with Crippen molar-refractivity contribution in [1.82, 2.24) is 0 Å². The predicted molar refractivity (Wildman–Crippen MR) is 57.4 cm³/mol. The Morgan fingerprint density at radius 1 is 1.25 bits per heavy atom. The SMILES string of the molecule is CC1CC2CC(I)CC(C2)C1=O. The van der Waals surface area contributed by atoms with Gasteiger partial charge in [-0.2, -0.15) is 0 Å². The lowest BCUT2D eigenvalue weighted by atomic mass is 9.68. The van der Waals surface area contributed by atoms with E-state index in [0.29, 0.717) is 17.6 Å². The first kappa shape index (κ1) is 8.97. The molecule has 0 aromatic heterocycles. The van der Waals surface area contributed by atoms with Crippen LogP contribution in [0.15, 0.2) is 0 Å². The molecule has 0 aliphatic heterocycles. The van der Waals surface area contributed by atoms with Crippen LogP contribution >= 0.6 is 22.6 Å². The highest BCUT2D eigenvalue weighted by Gasteiger charge is 2.39. The Morgan fingerprint density at radius 3 is 2.75 bits per heavy atom. The molecule has 2 bridgehead atoms. The summed E-state index contributed by atoms with van der Waals surface area (Å²) in [6.07, 6.45) is 4.87. The molecule has 0 aromatic rings. The molecule has 4 atom stereocenters. The first-order valence-corrected chi connectivity index (χ1v) is 6.09. The van der Waals surface area contributed by atoms with Gasteiger partial charge in [-0.1, -0.05) is 29.5 Å². The average molecular weight is 278 g/mol. The van der Waals surface area contributed by atoms with Crippen molar-refractivity contribution in [2.24, 2.45) is 17.8 Å². The second kappa shape index (κ2) is 3.28. The Bertz CT molecular complexity index is 198. The molecule has 68 valence electrons. The minimum atomic E-state index is 0.359. The van der Waals surface area contributed by atoms with Crippen molar-refractivity contribution in [2.45, 2.75) is 36.5 Å². The molecule has 2 heteroatoms. The highest BCUT2D eigenvalue weighted by molar-refractivity contribution is 14.1. The molecule has 2 fully saturated rings. The molecular formula is C10H15IO. The van der Waals surface area contributed by atoms with Crippen molar-refractivity contribution < 1.29 is 4.79 Å². The number of fused-ring (bicyclic) bond motifs is 2. The number of hydrogen-bond acceptors (Lipinski definition) is 1. The van der Waals surface area contributed by atoms with Gasteiger partial charge < -0.3 is 0 Å². The molecule has 2 aliphatic carbocycles. The summed E-state index contributed by atoms with van der Waals surface area (Å²) in [4.78, 5) is 11.7. The number of carbonyl (C=O) groups is 1. The van der Waals surface area contributed by atoms with E-state index in [1.807, 2.05) is 0 Å². The van der Waals surface area contributed by atoms with E-state index >= 15 is 0 Å². The summed E-state index contributed by atoms with van der Waals surface area (Å²) < 4.78 is 0.766. The molecular weight excluding hydrogens is 263 g/mol. The summed E-state index contributed by atoms with van der Waals surface area (Å²) in [5.74, 6) is 2.19. The monoisotopic (exact) mass is 278 g/mol. The van der Waals surface area contributed by atoms with E-state index in [1.165, 1.54) is 12.8 Å². The van der Waals surface area contributed by atoms with Crippen LogP contribution in [0.25, 0.3) is 0 Å². The Morgan fingerprint density at radius 2 is 2.00 bits per heavy atom. The minimum Gasteiger partial charge on any atom is -0.299 e. The Kier molecular flexibility index (Phi) is 2.45. The van der Waals surface area contributed by atoms with E-state index in [1.54, 1.807) is 0 Å². The molecule has 4 unspecified atom stereocenters. The van der Waals surface area contributed by atoms with E-state index in [2.05, 4.69) is 29.5 Å². The third-order valence-corrected chi connectivity index (χ3v) is 4.34. The number of alkyl halides is 1. The highest BCUT2D eigenvalue weighted by atomic mass is 127. The van der Waals surface area contributed by atoms with Gasteiger partial charge in [0.15, 0.2) is 0 Å². The van der Waals surface area contributed by atoms with Crippen LogP contribution in [-0.2, 0) is 4.79 Å². The van der Waals surface area contributed by atoms with Gasteiger partial charge in [0.05, 0.1) is 0 Å². The van der Waals surface area contributed by atoms with Gasteiger partial charge in [0, 0.05) is 15.8 Å². The second-order valence-corrected chi connectivity index (χ2v) is 6.17. The van der Waals surface area contributed by atoms with Gasteiger partial charge in [0.2, 0.25) is 0 Å². The summed E-state index contributed by atoms with van der Waals surface area (Å²) in [6.45, 7) is 2.11. The number of rotatable bonds is 0. The molecule has 0 radical (unpaired) electrons. The lowest BCUT2D eigenvalue weighted by Crippen LogP contribution is -2.37. The molecule has 12 heavy (non-hydrogen) atoms. The summed E-state index contributed by atoms with van der Waals surface area (Å²) in [7, 11) is 0. The predicted octanol–water partition coefficient (Wildman–Crippen LogP) is 2.82. The lowest BCUT2D eigenvalue weighted by Gasteiger charge is -2.38. The molecule has 2 saturated carbocycles. The van der Waals surface area contributed by atoms with Crippen LogP contribution in [0.3, 0.4) is 0 Å². The van der Waals surface area contributed by atoms with Gasteiger partial charge in [0.25, 0.3) is 0 Å². The summed E-state index contributed by atoms with van der Waals surface area (Å²) in [6, 6.07) is 0. The van der Waals surface area contributed by atoms with Crippen LogP contribution in [0.2, 0.25) is 0 Å². The normalized spacial score (nSPS) is 47.7. The highest BCUT2D eigenvalue weighted by Crippen LogP contribution is 2.42. The Balaban J connectivity index is 2.12. The quantitative estimate of drug-likeness (QED) is 0.492. The summed E-state index contributed by atoms with van der Waals surface area (Å²) in [5, 5.41) is 0. The Labute approximate surface area is 87.4 Å². The molecule has 0 spiro atoms. The van der Waals surface area contributed by atoms with E-state index in [4.69, 9.17) is 0 Å². The molecule has 0 saturated heterocycles. The molecule has 0 N–H and O–H groups in total. The largest absolute Gasteiger partial charge is 0.299 e. The zero-order chi connectivity index (χ0) is 8.72. The molecule has 0 amide bonds. The fourth-order valence-electron chi connectivity index (χ4n) is 2.80. The number of hydrogen-bond donors (Lipinski definition) is 0. The second-order valence-electron chi connectivity index (χ2n) is 4.41. The molecule has 0 heterocycles. The van der Waals surface area contributed by atoms with Gasteiger partial charge in [0.1, 0.15) is 5.78 Å². The van der Waals surface area contributed by atoms with Crippen LogP contribution < -0.4 is 0 Å². The first-order valence-electron chi connectivity index (χ1n) is 4.84. The minimum absolute atomic E-state index is 0.359. The van der Waals surface area contributed by atoms with E-state index in [9.17, 15) is 4.79 Å². The summed E-state index contributed by atoms with van der Waals surface area (Å²) in [5.41, 5.74) is 0. The maximum absolute atomic E-state index is 11.7. The van der Waals surface area contributed by atoms with Crippen LogP contribution in [0.1, 0.15) is 32.6 Å². The number of ketones is 1. The molecule has 0 aromatic carbocycles. The smallest absolute Gasteiger partial charge is 0.138 e. The zero-order valence-corrected chi connectivity index (χ0v) is 9.58. The van der Waals surface area contributed by atoms with Gasteiger partial charge >= 0.3 is 0 Å². The van der Waals surface area contributed by atoms with Gasteiger partial charge in [-0.3, -0.25) is 4.79 Å². The van der Waals surface area contributed by atoms with Crippen molar-refractivity contribution >= 4 is 28.4 Å². The third kappa shape index (κ3) is 1.54. The zero-order valence-electron chi connectivity index (χ0n) is 7.42. The third-order valence-electron chi connectivity index (χ3n) is 3.32. The van der Waals surface area contributed by atoms with E-state index < -0.39 is 0 Å². The van der Waals surface area contributed by atoms with Crippen molar-refractivity contribution in [2.75, 3.05) is 0 Å². The lowest BCUT2D eigenvalue weighted by molar-refractivity contribution is -0.131. The van der Waals surface area contributed by atoms with Crippen LogP contribution in [0, 0.1) is 17.8 Å². The fourth-order valence-corrected chi connectivity index (χ4v) is 4.14. The van der Waals surface area contributed by atoms with Crippen molar-refractivity contribution in [3.05, 3.63) is 0 Å². The van der Waals surface area contributed by atoms with Crippen molar-refractivity contribution in [3.8, 4) is 0 Å². The Hall–Kier alpha value is 0.400. The van der Waals surface area contributed by atoms with Crippen LogP contribution in [0.4, 0.5) is 0 Å². The summed E-state index contributed by atoms with van der Waals surface area (Å²) >= 11 is 2.51. The van der Waals surface area contributed by atoms with Crippen molar-refractivity contribution in [3.63, 3.8) is 0 Å². The number of halogens is 1. The molecule has 2 rings (SSSR count). The standard InChI is InChI=1S/C10H15IO/c1-6-2-7-3-8(10(6)12)5-9(11)4-7/h6-9H,2-5H2,1H3. The van der Waals surface area contributed by atoms with E-state index in [0.717, 1.165) is 22.7 Å². The molecule has 2 aliphatic rings. The van der Waals surface area contributed by atoms with Crippen LogP contribution in [-0.4, -0.2) is 9.71 Å². The molecule has 1 nitrogen and oxygen atoms in total. The fraction of sp³-hybridized carbons (Fsp3) is 0.900. The average Bonchev–Trinajstić information content (AvgIpc) is 1.99. The maximum atomic E-state index is 11.7. The van der Waals surface area contributed by atoms with Gasteiger partial charge in [-0.05, 0) is 31.6 Å².